The Labute approximate surface area is 97.8 Å². The van der Waals surface area contributed by atoms with Gasteiger partial charge in [-0.05, 0) is 0 Å². The van der Waals surface area contributed by atoms with Gasteiger partial charge in [-0.15, -0.1) is 10.2 Å². The predicted octanol–water partition coefficient (Wildman–Crippen LogP) is -0.364. The molecule has 1 aromatic rings. The van der Waals surface area contributed by atoms with Gasteiger partial charge in [-0.2, -0.15) is 13.2 Å². The molecule has 2 heterocycles. The maximum absolute atomic E-state index is 12.3. The smallest absolute Gasteiger partial charge is 0.471 e. The Morgan fingerprint density at radius 2 is 2.11 bits per heavy atom. The van der Waals surface area contributed by atoms with E-state index in [1.54, 1.807) is 0 Å². The van der Waals surface area contributed by atoms with Crippen LogP contribution in [0.1, 0.15) is 5.82 Å². The molecule has 0 fully saturated rings. The number of nitrogens with zero attached hydrogens (tertiary/aromatic N) is 4. The summed E-state index contributed by atoms with van der Waals surface area (Å²) in [5.41, 5.74) is 0. The third-order valence-electron chi connectivity index (χ3n) is 2.54. The number of fused-ring (bicyclic) bond motifs is 1. The van der Waals surface area contributed by atoms with Crippen molar-refractivity contribution in [3.8, 4) is 0 Å². The minimum Gasteiger partial charge on any atom is -0.480 e. The first-order valence-corrected chi connectivity index (χ1v) is 4.78. The van der Waals surface area contributed by atoms with Crippen LogP contribution in [0.5, 0.6) is 0 Å². The van der Waals surface area contributed by atoms with Crippen molar-refractivity contribution in [2.45, 2.75) is 25.3 Å². The van der Waals surface area contributed by atoms with E-state index >= 15 is 0 Å². The van der Waals surface area contributed by atoms with Gasteiger partial charge in [0.2, 0.25) is 0 Å². The molecule has 18 heavy (non-hydrogen) atoms. The van der Waals surface area contributed by atoms with Gasteiger partial charge >= 0.3 is 18.1 Å². The summed E-state index contributed by atoms with van der Waals surface area (Å²) in [7, 11) is 0. The molecule has 0 saturated carbocycles. The van der Waals surface area contributed by atoms with E-state index in [4.69, 9.17) is 5.11 Å². The van der Waals surface area contributed by atoms with Crippen LogP contribution < -0.4 is 0 Å². The van der Waals surface area contributed by atoms with E-state index in [0.717, 1.165) is 0 Å². The number of carbonyl (C=O) groups is 2. The fourth-order valence-corrected chi connectivity index (χ4v) is 1.69. The van der Waals surface area contributed by atoms with Gasteiger partial charge in [0.05, 0.1) is 13.1 Å². The van der Waals surface area contributed by atoms with E-state index in [1.807, 2.05) is 0 Å². The second-order valence-electron chi connectivity index (χ2n) is 3.68. The summed E-state index contributed by atoms with van der Waals surface area (Å²) in [5.74, 6) is -3.58. The molecule has 2 rings (SSSR count). The minimum absolute atomic E-state index is 0.116. The summed E-state index contributed by atoms with van der Waals surface area (Å²) >= 11 is 0. The molecule has 0 aliphatic carbocycles. The van der Waals surface area contributed by atoms with E-state index in [2.05, 4.69) is 10.2 Å². The van der Waals surface area contributed by atoms with Crippen LogP contribution in [0.3, 0.4) is 0 Å². The van der Waals surface area contributed by atoms with E-state index in [-0.39, 0.29) is 17.3 Å². The van der Waals surface area contributed by atoms with Gasteiger partial charge in [-0.3, -0.25) is 4.79 Å². The van der Waals surface area contributed by atoms with Crippen molar-refractivity contribution in [2.75, 3.05) is 0 Å². The summed E-state index contributed by atoms with van der Waals surface area (Å²) in [6.45, 7) is -0.838. The lowest BCUT2D eigenvalue weighted by Gasteiger charge is -2.33. The Morgan fingerprint density at radius 3 is 2.67 bits per heavy atom. The second kappa shape index (κ2) is 3.96. The fraction of sp³-hybridized carbons (Fsp3) is 0.500. The van der Waals surface area contributed by atoms with Crippen LogP contribution in [-0.4, -0.2) is 48.9 Å². The van der Waals surface area contributed by atoms with Crippen molar-refractivity contribution in [3.63, 3.8) is 0 Å². The maximum atomic E-state index is 12.3. The van der Waals surface area contributed by atoms with Crippen molar-refractivity contribution in [2.24, 2.45) is 0 Å². The summed E-state index contributed by atoms with van der Waals surface area (Å²) in [4.78, 5) is 22.3. The van der Waals surface area contributed by atoms with Crippen molar-refractivity contribution >= 4 is 11.9 Å². The van der Waals surface area contributed by atoms with Crippen molar-refractivity contribution in [3.05, 3.63) is 12.2 Å². The number of hydrogen-bond acceptors (Lipinski definition) is 4. The third-order valence-corrected chi connectivity index (χ3v) is 2.54. The molecule has 1 aliphatic rings. The average molecular weight is 264 g/mol. The molecule has 98 valence electrons. The zero-order valence-corrected chi connectivity index (χ0v) is 8.76. The summed E-state index contributed by atoms with van der Waals surface area (Å²) in [6, 6.07) is -1.58. The van der Waals surface area contributed by atoms with Gasteiger partial charge in [0.25, 0.3) is 0 Å². The lowest BCUT2D eigenvalue weighted by atomic mass is 10.2. The summed E-state index contributed by atoms with van der Waals surface area (Å²) in [5, 5.41) is 15.8. The molecular formula is C8H7F3N4O3. The Balaban J connectivity index is 2.34. The fourth-order valence-electron chi connectivity index (χ4n) is 1.69. The summed E-state index contributed by atoms with van der Waals surface area (Å²) < 4.78 is 38.3. The van der Waals surface area contributed by atoms with Crippen LogP contribution in [0.2, 0.25) is 0 Å². The number of aromatic nitrogens is 3. The monoisotopic (exact) mass is 264 g/mol. The van der Waals surface area contributed by atoms with Crippen LogP contribution in [0, 0.1) is 0 Å². The quantitative estimate of drug-likeness (QED) is 0.748. The minimum atomic E-state index is -5.12. The first-order chi connectivity index (χ1) is 8.30. The predicted molar refractivity (Wildman–Crippen MR) is 48.1 cm³/mol. The molecule has 7 nitrogen and oxygen atoms in total. The number of alkyl halides is 3. The standard InChI is InChI=1S/C8H7F3N4O3/c9-8(10,11)7(18)15-2-5-13-12-3-14(5)1-4(15)6(16)17/h3-4H,1-2H2,(H,16,17). The lowest BCUT2D eigenvalue weighted by molar-refractivity contribution is -0.192. The van der Waals surface area contributed by atoms with Crippen LogP contribution in [-0.2, 0) is 22.7 Å². The Bertz CT molecular complexity index is 498. The number of aliphatic carboxylic acids is 1. The number of carboxylic acid groups (broad SMARTS) is 1. The van der Waals surface area contributed by atoms with Gasteiger partial charge in [-0.25, -0.2) is 4.79 Å². The normalized spacial score (nSPS) is 19.5. The molecule has 0 aromatic carbocycles. The van der Waals surface area contributed by atoms with Crippen molar-refractivity contribution < 1.29 is 27.9 Å². The third kappa shape index (κ3) is 2.00. The van der Waals surface area contributed by atoms with Gasteiger partial charge in [-0.1, -0.05) is 0 Å². The second-order valence-corrected chi connectivity index (χ2v) is 3.68. The first kappa shape index (κ1) is 12.3. The number of halogens is 3. The van der Waals surface area contributed by atoms with Gasteiger partial charge in [0, 0.05) is 0 Å². The van der Waals surface area contributed by atoms with Gasteiger partial charge in [0.1, 0.15) is 12.4 Å². The molecule has 1 aliphatic heterocycles. The Morgan fingerprint density at radius 1 is 1.44 bits per heavy atom. The van der Waals surface area contributed by atoms with E-state index in [0.29, 0.717) is 0 Å². The zero-order chi connectivity index (χ0) is 13.5. The number of amides is 1. The number of carboxylic acids is 1. The van der Waals surface area contributed by atoms with Crippen LogP contribution in [0.15, 0.2) is 6.33 Å². The number of rotatable bonds is 1. The summed E-state index contributed by atoms with van der Waals surface area (Å²) in [6.07, 6.45) is -3.91. The van der Waals surface area contributed by atoms with Crippen LogP contribution in [0.25, 0.3) is 0 Å². The first-order valence-electron chi connectivity index (χ1n) is 4.78. The zero-order valence-electron chi connectivity index (χ0n) is 8.76. The number of hydrogen-bond donors (Lipinski definition) is 1. The molecule has 1 aromatic heterocycles. The molecule has 10 heteroatoms. The lowest BCUT2D eigenvalue weighted by Crippen LogP contribution is -2.54. The Hall–Kier alpha value is -2.13. The van der Waals surface area contributed by atoms with E-state index < -0.39 is 30.6 Å². The highest BCUT2D eigenvalue weighted by Crippen LogP contribution is 2.24. The van der Waals surface area contributed by atoms with Crippen LogP contribution in [0.4, 0.5) is 13.2 Å². The molecule has 1 unspecified atom stereocenters. The highest BCUT2D eigenvalue weighted by molar-refractivity contribution is 5.87. The van der Waals surface area contributed by atoms with Gasteiger partial charge in [0.15, 0.2) is 5.82 Å². The molecule has 1 amide bonds. The van der Waals surface area contributed by atoms with E-state index in [1.165, 1.54) is 10.9 Å². The highest BCUT2D eigenvalue weighted by atomic mass is 19.4. The number of carbonyl (C=O) groups excluding carboxylic acids is 1. The molecule has 0 saturated heterocycles. The molecule has 0 bridgehead atoms. The molecule has 0 radical (unpaired) electrons. The Kier molecular flexibility index (Phi) is 2.71. The van der Waals surface area contributed by atoms with Crippen LogP contribution >= 0.6 is 0 Å². The SMILES string of the molecule is O=C(O)C1Cn2cnnc2CN1C(=O)C(F)(F)F. The largest absolute Gasteiger partial charge is 0.480 e. The highest BCUT2D eigenvalue weighted by Gasteiger charge is 2.48. The molecular weight excluding hydrogens is 257 g/mol. The maximum Gasteiger partial charge on any atom is 0.471 e. The molecule has 1 atom stereocenters. The molecule has 0 spiro atoms. The van der Waals surface area contributed by atoms with Crippen molar-refractivity contribution in [1.82, 2.24) is 19.7 Å². The van der Waals surface area contributed by atoms with Gasteiger partial charge < -0.3 is 14.6 Å². The molecule has 1 N–H and O–H groups in total. The van der Waals surface area contributed by atoms with Crippen molar-refractivity contribution in [1.29, 1.82) is 0 Å². The average Bonchev–Trinajstić information content (AvgIpc) is 2.71. The van der Waals surface area contributed by atoms with E-state index in [9.17, 15) is 22.8 Å². The topological polar surface area (TPSA) is 88.3 Å².